The first-order valence-corrected chi connectivity index (χ1v) is 8.23. The Bertz CT molecular complexity index is 401. The van der Waals surface area contributed by atoms with Crippen molar-refractivity contribution in [1.29, 1.82) is 0 Å². The molecule has 0 aromatic heterocycles. The molecular formula is C16H26O6. The Hall–Kier alpha value is -0.530. The summed E-state index contributed by atoms with van der Waals surface area (Å²) in [6, 6.07) is 0. The van der Waals surface area contributed by atoms with Crippen LogP contribution in [0.3, 0.4) is 0 Å². The van der Waals surface area contributed by atoms with E-state index in [1.54, 1.807) is 0 Å². The van der Waals surface area contributed by atoms with E-state index in [0.29, 0.717) is 17.8 Å². The molecule has 0 aromatic carbocycles. The van der Waals surface area contributed by atoms with E-state index in [1.807, 2.05) is 0 Å². The standard InChI is InChI=1S/C16H26O6/c17-7-11(18)12(19)13(20)14(21)15(22)16-4-8-1-9(5-16)3-10(2-8)6-16/h8-14,17-21H,1-7H2/t8?,9?,10?,11-,12+,13+,14-,16?/m1/s1. The van der Waals surface area contributed by atoms with Crippen molar-refractivity contribution in [2.75, 3.05) is 6.61 Å². The van der Waals surface area contributed by atoms with Gasteiger partial charge < -0.3 is 25.5 Å². The Morgan fingerprint density at radius 2 is 1.36 bits per heavy atom. The molecule has 4 bridgehead atoms. The summed E-state index contributed by atoms with van der Waals surface area (Å²) in [5.41, 5.74) is -0.570. The summed E-state index contributed by atoms with van der Waals surface area (Å²) in [6.07, 6.45) is -1.02. The Morgan fingerprint density at radius 3 is 1.77 bits per heavy atom. The largest absolute Gasteiger partial charge is 0.394 e. The zero-order valence-electron chi connectivity index (χ0n) is 12.6. The molecule has 6 heteroatoms. The molecule has 0 aliphatic heterocycles. The smallest absolute Gasteiger partial charge is 0.170 e. The van der Waals surface area contributed by atoms with Crippen LogP contribution in [0.4, 0.5) is 0 Å². The maximum absolute atomic E-state index is 12.8. The normalized spacial score (nSPS) is 42.0. The lowest BCUT2D eigenvalue weighted by Crippen LogP contribution is -2.57. The van der Waals surface area contributed by atoms with Gasteiger partial charge in [0, 0.05) is 5.41 Å². The minimum Gasteiger partial charge on any atom is -0.394 e. The first kappa shape index (κ1) is 16.3. The first-order chi connectivity index (χ1) is 10.4. The minimum atomic E-state index is -1.78. The van der Waals surface area contributed by atoms with E-state index in [1.165, 1.54) is 0 Å². The van der Waals surface area contributed by atoms with Crippen molar-refractivity contribution in [2.24, 2.45) is 23.2 Å². The van der Waals surface area contributed by atoms with E-state index < -0.39 is 42.2 Å². The molecule has 4 atom stereocenters. The molecule has 4 fully saturated rings. The number of carbonyl (C=O) groups excluding carboxylic acids is 1. The third kappa shape index (κ3) is 2.61. The third-order valence-corrected chi connectivity index (χ3v) is 6.08. The number of aliphatic hydroxyl groups is 5. The van der Waals surface area contributed by atoms with Crippen molar-refractivity contribution >= 4 is 5.78 Å². The van der Waals surface area contributed by atoms with Gasteiger partial charge in [-0.05, 0) is 56.3 Å². The highest BCUT2D eigenvalue weighted by Crippen LogP contribution is 2.60. The van der Waals surface area contributed by atoms with Crippen molar-refractivity contribution in [3.05, 3.63) is 0 Å². The molecule has 0 aromatic rings. The Morgan fingerprint density at radius 1 is 0.909 bits per heavy atom. The topological polar surface area (TPSA) is 118 Å². The molecule has 0 radical (unpaired) electrons. The number of ketones is 1. The van der Waals surface area contributed by atoms with Gasteiger partial charge in [-0.2, -0.15) is 0 Å². The Kier molecular flexibility index (Phi) is 4.33. The van der Waals surface area contributed by atoms with Crippen molar-refractivity contribution in [3.8, 4) is 0 Å². The van der Waals surface area contributed by atoms with Crippen molar-refractivity contribution < 1.29 is 30.3 Å². The maximum Gasteiger partial charge on any atom is 0.170 e. The molecule has 4 aliphatic carbocycles. The molecule has 4 aliphatic rings. The maximum atomic E-state index is 12.8. The van der Waals surface area contributed by atoms with Crippen molar-refractivity contribution in [1.82, 2.24) is 0 Å². The van der Waals surface area contributed by atoms with E-state index in [-0.39, 0.29) is 0 Å². The summed E-state index contributed by atoms with van der Waals surface area (Å²) >= 11 is 0. The molecule has 22 heavy (non-hydrogen) atoms. The zero-order valence-corrected chi connectivity index (χ0v) is 12.6. The van der Waals surface area contributed by atoms with Crippen LogP contribution in [0.2, 0.25) is 0 Å². The van der Waals surface area contributed by atoms with Gasteiger partial charge in [0.1, 0.15) is 24.4 Å². The van der Waals surface area contributed by atoms with Gasteiger partial charge in [0.2, 0.25) is 0 Å². The summed E-state index contributed by atoms with van der Waals surface area (Å²) in [4.78, 5) is 12.8. The van der Waals surface area contributed by atoms with Gasteiger partial charge in [-0.3, -0.25) is 4.79 Å². The molecule has 5 N–H and O–H groups in total. The highest BCUT2D eigenvalue weighted by molar-refractivity contribution is 5.89. The van der Waals surface area contributed by atoms with E-state index in [2.05, 4.69) is 0 Å². The lowest BCUT2D eigenvalue weighted by molar-refractivity contribution is -0.168. The molecule has 4 rings (SSSR count). The van der Waals surface area contributed by atoms with Crippen LogP contribution in [-0.2, 0) is 4.79 Å². The van der Waals surface area contributed by atoms with Gasteiger partial charge in [0.15, 0.2) is 5.78 Å². The minimum absolute atomic E-state index is 0.400. The van der Waals surface area contributed by atoms with E-state index in [4.69, 9.17) is 5.11 Å². The molecule has 126 valence electrons. The summed E-state index contributed by atoms with van der Waals surface area (Å²) in [7, 11) is 0. The third-order valence-electron chi connectivity index (χ3n) is 6.08. The fraction of sp³-hybridized carbons (Fsp3) is 0.938. The highest BCUT2D eigenvalue weighted by Gasteiger charge is 2.56. The summed E-state index contributed by atoms with van der Waals surface area (Å²) in [6.45, 7) is -0.740. The van der Waals surface area contributed by atoms with Crippen molar-refractivity contribution in [2.45, 2.75) is 62.9 Å². The number of carbonyl (C=O) groups is 1. The monoisotopic (exact) mass is 314 g/mol. The molecule has 6 nitrogen and oxygen atoms in total. The second-order valence-corrected chi connectivity index (χ2v) is 7.74. The van der Waals surface area contributed by atoms with Gasteiger partial charge in [-0.15, -0.1) is 0 Å². The molecule has 4 saturated carbocycles. The van der Waals surface area contributed by atoms with Crippen LogP contribution in [0.1, 0.15) is 38.5 Å². The predicted octanol–water partition coefficient (Wildman–Crippen LogP) is -0.792. The number of rotatable bonds is 6. The quantitative estimate of drug-likeness (QED) is 0.438. The van der Waals surface area contributed by atoms with Crippen LogP contribution in [0.25, 0.3) is 0 Å². The zero-order chi connectivity index (χ0) is 16.1. The molecule has 0 spiro atoms. The van der Waals surface area contributed by atoms with Crippen LogP contribution in [0.5, 0.6) is 0 Å². The van der Waals surface area contributed by atoms with Gasteiger partial charge in [0.05, 0.1) is 6.61 Å². The highest BCUT2D eigenvalue weighted by atomic mass is 16.4. The van der Waals surface area contributed by atoms with Crippen LogP contribution in [0, 0.1) is 23.2 Å². The fourth-order valence-electron chi connectivity index (χ4n) is 5.40. The van der Waals surface area contributed by atoms with Gasteiger partial charge in [-0.25, -0.2) is 0 Å². The Labute approximate surface area is 129 Å². The first-order valence-electron chi connectivity index (χ1n) is 8.23. The van der Waals surface area contributed by atoms with E-state index in [0.717, 1.165) is 38.5 Å². The fourth-order valence-corrected chi connectivity index (χ4v) is 5.40. The number of hydrogen-bond donors (Lipinski definition) is 5. The van der Waals surface area contributed by atoms with Gasteiger partial charge >= 0.3 is 0 Å². The molecule has 0 amide bonds. The Balaban J connectivity index is 1.73. The number of Topliss-reactive ketones (excluding diaryl/α,β-unsaturated/α-hetero) is 1. The molecular weight excluding hydrogens is 288 g/mol. The average Bonchev–Trinajstić information content (AvgIpc) is 2.49. The van der Waals surface area contributed by atoms with E-state index in [9.17, 15) is 25.2 Å². The second-order valence-electron chi connectivity index (χ2n) is 7.74. The van der Waals surface area contributed by atoms with Crippen LogP contribution >= 0.6 is 0 Å². The van der Waals surface area contributed by atoms with Crippen LogP contribution < -0.4 is 0 Å². The summed E-state index contributed by atoms with van der Waals surface area (Å²) in [5.74, 6) is 1.20. The second kappa shape index (κ2) is 5.83. The summed E-state index contributed by atoms with van der Waals surface area (Å²) < 4.78 is 0. The SMILES string of the molecule is O=C([C@H](O)[C@@H](O)[C@@H](O)[C@H](O)CO)C12CC3CC(CC(C3)C1)C2. The van der Waals surface area contributed by atoms with Crippen molar-refractivity contribution in [3.63, 3.8) is 0 Å². The van der Waals surface area contributed by atoms with E-state index >= 15 is 0 Å². The molecule has 0 heterocycles. The van der Waals surface area contributed by atoms with Crippen LogP contribution in [0.15, 0.2) is 0 Å². The number of aliphatic hydroxyl groups excluding tert-OH is 5. The lowest BCUT2D eigenvalue weighted by atomic mass is 9.48. The number of hydrogen-bond acceptors (Lipinski definition) is 6. The average molecular weight is 314 g/mol. The molecule has 0 unspecified atom stereocenters. The molecule has 0 saturated heterocycles. The van der Waals surface area contributed by atoms with Crippen LogP contribution in [-0.4, -0.2) is 62.3 Å². The van der Waals surface area contributed by atoms with Gasteiger partial charge in [0.25, 0.3) is 0 Å². The van der Waals surface area contributed by atoms with Gasteiger partial charge in [-0.1, -0.05) is 0 Å². The summed E-state index contributed by atoms with van der Waals surface area (Å²) in [5, 5.41) is 48.1. The lowest BCUT2D eigenvalue weighted by Gasteiger charge is -2.56. The predicted molar refractivity (Wildman–Crippen MR) is 76.7 cm³/mol.